The lowest BCUT2D eigenvalue weighted by molar-refractivity contribution is -0.168. The molecule has 0 bridgehead atoms. The van der Waals surface area contributed by atoms with E-state index >= 15 is 0 Å². The van der Waals surface area contributed by atoms with Crippen LogP contribution >= 0.6 is 0 Å². The van der Waals surface area contributed by atoms with Crippen molar-refractivity contribution < 1.29 is 33.4 Å². The SMILES string of the molecule is COc1ccc(C(=O)NC(C(=O)N2CCCC2C(=O)NC2CC(=O)OC2OCc2ccccc2)C(C)C)cc1. The molecule has 4 unspecified atom stereocenters. The van der Waals surface area contributed by atoms with Crippen molar-refractivity contribution in [3.8, 4) is 5.75 Å². The first-order valence-corrected chi connectivity index (χ1v) is 13.2. The molecule has 2 aromatic carbocycles. The molecule has 4 rings (SSSR count). The minimum Gasteiger partial charge on any atom is -0.497 e. The van der Waals surface area contributed by atoms with Crippen molar-refractivity contribution in [3.05, 3.63) is 65.7 Å². The van der Waals surface area contributed by atoms with Gasteiger partial charge in [0.05, 0.1) is 20.1 Å². The Bertz CT molecular complexity index is 1170. The minimum atomic E-state index is -0.917. The van der Waals surface area contributed by atoms with Crippen molar-refractivity contribution in [2.24, 2.45) is 5.92 Å². The Balaban J connectivity index is 1.39. The highest BCUT2D eigenvalue weighted by molar-refractivity contribution is 5.98. The number of methoxy groups -OCH3 is 1. The number of amides is 3. The Morgan fingerprint density at radius 2 is 1.79 bits per heavy atom. The molecule has 0 aromatic heterocycles. The Morgan fingerprint density at radius 3 is 2.46 bits per heavy atom. The maximum absolute atomic E-state index is 13.6. The highest BCUT2D eigenvalue weighted by Crippen LogP contribution is 2.23. The predicted molar refractivity (Wildman–Crippen MR) is 141 cm³/mol. The number of rotatable bonds is 10. The van der Waals surface area contributed by atoms with Gasteiger partial charge in [0.2, 0.25) is 18.1 Å². The number of esters is 1. The van der Waals surface area contributed by atoms with Gasteiger partial charge in [0.15, 0.2) is 0 Å². The van der Waals surface area contributed by atoms with Gasteiger partial charge in [-0.15, -0.1) is 0 Å². The highest BCUT2D eigenvalue weighted by Gasteiger charge is 2.42. The van der Waals surface area contributed by atoms with Gasteiger partial charge in [-0.3, -0.25) is 19.2 Å². The zero-order valence-corrected chi connectivity index (χ0v) is 22.4. The fourth-order valence-electron chi connectivity index (χ4n) is 4.80. The zero-order chi connectivity index (χ0) is 27.9. The largest absolute Gasteiger partial charge is 0.497 e. The number of hydrogen-bond donors (Lipinski definition) is 2. The third-order valence-corrected chi connectivity index (χ3v) is 6.96. The third kappa shape index (κ3) is 6.94. The van der Waals surface area contributed by atoms with Crippen LogP contribution in [0.1, 0.15) is 49.0 Å². The van der Waals surface area contributed by atoms with Gasteiger partial charge in [-0.05, 0) is 48.6 Å². The molecule has 2 aliphatic rings. The molecule has 3 amide bonds. The maximum Gasteiger partial charge on any atom is 0.310 e. The molecule has 0 aliphatic carbocycles. The molecule has 10 heteroatoms. The van der Waals surface area contributed by atoms with E-state index in [1.807, 2.05) is 44.2 Å². The monoisotopic (exact) mass is 537 g/mol. The molecule has 0 spiro atoms. The molecular weight excluding hydrogens is 502 g/mol. The number of cyclic esters (lactones) is 1. The summed E-state index contributed by atoms with van der Waals surface area (Å²) in [5, 5.41) is 5.70. The number of benzene rings is 2. The van der Waals surface area contributed by atoms with E-state index in [1.165, 1.54) is 4.90 Å². The molecule has 2 heterocycles. The second-order valence-electron chi connectivity index (χ2n) is 10.1. The molecule has 2 aromatic rings. The zero-order valence-electron chi connectivity index (χ0n) is 22.4. The summed E-state index contributed by atoms with van der Waals surface area (Å²) < 4.78 is 16.2. The van der Waals surface area contributed by atoms with Crippen molar-refractivity contribution >= 4 is 23.7 Å². The lowest BCUT2D eigenvalue weighted by Crippen LogP contribution is -2.56. The molecule has 208 valence electrons. The van der Waals surface area contributed by atoms with Gasteiger partial charge in [-0.1, -0.05) is 44.2 Å². The first kappa shape index (κ1) is 28.1. The van der Waals surface area contributed by atoms with Crippen molar-refractivity contribution in [1.29, 1.82) is 0 Å². The van der Waals surface area contributed by atoms with E-state index in [1.54, 1.807) is 31.4 Å². The molecule has 2 aliphatic heterocycles. The topological polar surface area (TPSA) is 123 Å². The highest BCUT2D eigenvalue weighted by atomic mass is 16.7. The molecule has 10 nitrogen and oxygen atoms in total. The van der Waals surface area contributed by atoms with Crippen LogP contribution in [0, 0.1) is 5.92 Å². The van der Waals surface area contributed by atoms with Gasteiger partial charge >= 0.3 is 5.97 Å². The molecule has 2 saturated heterocycles. The number of nitrogens with one attached hydrogen (secondary N) is 2. The fourth-order valence-corrected chi connectivity index (χ4v) is 4.80. The first-order chi connectivity index (χ1) is 18.8. The Kier molecular flexibility index (Phi) is 9.19. The second kappa shape index (κ2) is 12.8. The number of nitrogens with zero attached hydrogens (tertiary/aromatic N) is 1. The van der Waals surface area contributed by atoms with Crippen molar-refractivity contribution in [2.45, 2.75) is 64.1 Å². The van der Waals surface area contributed by atoms with Crippen LogP contribution in [0.3, 0.4) is 0 Å². The van der Waals surface area contributed by atoms with E-state index in [0.717, 1.165) is 5.56 Å². The fraction of sp³-hybridized carbons (Fsp3) is 0.448. The molecule has 2 fully saturated rings. The number of carbonyl (C=O) groups excluding carboxylic acids is 4. The minimum absolute atomic E-state index is 0.0155. The number of hydrogen-bond acceptors (Lipinski definition) is 7. The van der Waals surface area contributed by atoms with E-state index in [4.69, 9.17) is 14.2 Å². The summed E-state index contributed by atoms with van der Waals surface area (Å²) in [6, 6.07) is 13.9. The maximum atomic E-state index is 13.6. The van der Waals surface area contributed by atoms with E-state index in [0.29, 0.717) is 30.7 Å². The van der Waals surface area contributed by atoms with Crippen LogP contribution in [0.4, 0.5) is 0 Å². The Hall–Kier alpha value is -3.92. The van der Waals surface area contributed by atoms with Crippen molar-refractivity contribution in [2.75, 3.05) is 13.7 Å². The van der Waals surface area contributed by atoms with Crippen LogP contribution in [-0.2, 0) is 30.5 Å². The smallest absolute Gasteiger partial charge is 0.310 e. The van der Waals surface area contributed by atoms with E-state index in [2.05, 4.69) is 10.6 Å². The van der Waals surface area contributed by atoms with Crippen molar-refractivity contribution in [1.82, 2.24) is 15.5 Å². The van der Waals surface area contributed by atoms with Gasteiger partial charge in [0, 0.05) is 12.1 Å². The molecule has 2 N–H and O–H groups in total. The quantitative estimate of drug-likeness (QED) is 0.446. The van der Waals surface area contributed by atoms with Gasteiger partial charge in [0.1, 0.15) is 23.9 Å². The Morgan fingerprint density at radius 1 is 1.08 bits per heavy atom. The molecule has 4 atom stereocenters. The number of likely N-dealkylation sites (tertiary alicyclic amines) is 1. The van der Waals surface area contributed by atoms with Crippen molar-refractivity contribution in [3.63, 3.8) is 0 Å². The first-order valence-electron chi connectivity index (χ1n) is 13.2. The summed E-state index contributed by atoms with van der Waals surface area (Å²) in [5.74, 6) is -1.12. The van der Waals surface area contributed by atoms with E-state index in [9.17, 15) is 19.2 Å². The summed E-state index contributed by atoms with van der Waals surface area (Å²) in [6.45, 7) is 4.31. The summed E-state index contributed by atoms with van der Waals surface area (Å²) in [4.78, 5) is 53.3. The Labute approximate surface area is 228 Å². The number of carbonyl (C=O) groups is 4. The summed E-state index contributed by atoms with van der Waals surface area (Å²) in [7, 11) is 1.54. The molecule has 0 radical (unpaired) electrons. The van der Waals surface area contributed by atoms with Gasteiger partial charge in [0.25, 0.3) is 5.91 Å². The lowest BCUT2D eigenvalue weighted by atomic mass is 10.0. The molecule has 39 heavy (non-hydrogen) atoms. The molecular formula is C29H35N3O7. The van der Waals surface area contributed by atoms with E-state index < -0.39 is 30.4 Å². The molecule has 0 saturated carbocycles. The van der Waals surface area contributed by atoms with Crippen LogP contribution < -0.4 is 15.4 Å². The predicted octanol–water partition coefficient (Wildman–Crippen LogP) is 2.42. The average Bonchev–Trinajstić information content (AvgIpc) is 3.57. The van der Waals surface area contributed by atoms with Crippen LogP contribution in [-0.4, -0.2) is 66.7 Å². The van der Waals surface area contributed by atoms with Gasteiger partial charge in [-0.2, -0.15) is 0 Å². The van der Waals surface area contributed by atoms with Crippen LogP contribution in [0.15, 0.2) is 54.6 Å². The van der Waals surface area contributed by atoms with Gasteiger partial charge in [-0.25, -0.2) is 0 Å². The lowest BCUT2D eigenvalue weighted by Gasteiger charge is -2.31. The third-order valence-electron chi connectivity index (χ3n) is 6.96. The van der Waals surface area contributed by atoms with Crippen LogP contribution in [0.5, 0.6) is 5.75 Å². The summed E-state index contributed by atoms with van der Waals surface area (Å²) in [6.07, 6.45) is 0.193. The number of ether oxygens (including phenoxy) is 3. The second-order valence-corrected chi connectivity index (χ2v) is 10.1. The van der Waals surface area contributed by atoms with Gasteiger partial charge < -0.3 is 29.7 Å². The standard InChI is InChI=1S/C29H35N3O7/c1-18(2)25(31-26(34)20-11-13-21(37-3)14-12-20)28(36)32-15-7-10-23(32)27(35)30-22-16-24(33)39-29(22)38-17-19-8-5-4-6-9-19/h4-6,8-9,11-14,18,22-23,25,29H,7,10,15-17H2,1-3H3,(H,30,35)(H,31,34). The average molecular weight is 538 g/mol. The van der Waals surface area contributed by atoms with Crippen LogP contribution in [0.2, 0.25) is 0 Å². The summed E-state index contributed by atoms with van der Waals surface area (Å²) >= 11 is 0. The summed E-state index contributed by atoms with van der Waals surface area (Å²) in [5.41, 5.74) is 1.31. The van der Waals surface area contributed by atoms with E-state index in [-0.39, 0.29) is 36.7 Å². The van der Waals surface area contributed by atoms with Crippen LogP contribution in [0.25, 0.3) is 0 Å². The normalized spacial score (nSPS) is 21.4.